The highest BCUT2D eigenvalue weighted by atomic mass is 19.1. The fraction of sp³-hybridized carbons (Fsp3) is 0.474. The lowest BCUT2D eigenvalue weighted by molar-refractivity contribution is -0.0660. The fourth-order valence-corrected chi connectivity index (χ4v) is 3.51. The SMILES string of the molecule is Cc1cc(C)c(CO[C@H]2C[C@H](n3cc(F)c(=O)[nH]c3=O)O[C@@H]2CO)c(C)c1. The molecule has 0 aliphatic carbocycles. The zero-order chi connectivity index (χ0) is 19.7. The molecule has 27 heavy (non-hydrogen) atoms. The lowest BCUT2D eigenvalue weighted by Crippen LogP contribution is -2.34. The smallest absolute Gasteiger partial charge is 0.330 e. The number of H-pyrrole nitrogens is 1. The molecule has 1 aliphatic heterocycles. The maximum Gasteiger partial charge on any atom is 0.330 e. The van der Waals surface area contributed by atoms with Crippen molar-refractivity contribution in [1.82, 2.24) is 9.55 Å². The van der Waals surface area contributed by atoms with Crippen molar-refractivity contribution in [3.8, 4) is 0 Å². The Morgan fingerprint density at radius 2 is 1.96 bits per heavy atom. The first-order chi connectivity index (χ1) is 12.8. The molecular weight excluding hydrogens is 355 g/mol. The lowest BCUT2D eigenvalue weighted by atomic mass is 10.0. The Morgan fingerprint density at radius 3 is 2.59 bits per heavy atom. The molecule has 0 radical (unpaired) electrons. The van der Waals surface area contributed by atoms with Crippen LogP contribution in [0.4, 0.5) is 4.39 Å². The highest BCUT2D eigenvalue weighted by Crippen LogP contribution is 2.31. The van der Waals surface area contributed by atoms with E-state index in [9.17, 15) is 19.1 Å². The van der Waals surface area contributed by atoms with Crippen LogP contribution < -0.4 is 11.2 Å². The second kappa shape index (κ2) is 7.75. The number of hydrogen-bond donors (Lipinski definition) is 2. The molecule has 3 rings (SSSR count). The van der Waals surface area contributed by atoms with Gasteiger partial charge in [-0.25, -0.2) is 4.79 Å². The van der Waals surface area contributed by atoms with Crippen LogP contribution in [0.2, 0.25) is 0 Å². The predicted octanol–water partition coefficient (Wildman–Crippen LogP) is 1.47. The van der Waals surface area contributed by atoms with Gasteiger partial charge in [0.2, 0.25) is 5.82 Å². The van der Waals surface area contributed by atoms with Gasteiger partial charge in [-0.1, -0.05) is 17.7 Å². The molecule has 0 spiro atoms. The zero-order valence-corrected chi connectivity index (χ0v) is 15.5. The molecule has 2 heterocycles. The summed E-state index contributed by atoms with van der Waals surface area (Å²) in [5, 5.41) is 9.59. The number of aromatic amines is 1. The highest BCUT2D eigenvalue weighted by molar-refractivity contribution is 5.36. The first kappa shape index (κ1) is 19.5. The number of aromatic nitrogens is 2. The van der Waals surface area contributed by atoms with Crippen LogP contribution in [0.3, 0.4) is 0 Å². The van der Waals surface area contributed by atoms with Crippen molar-refractivity contribution in [2.75, 3.05) is 6.61 Å². The van der Waals surface area contributed by atoms with Crippen LogP contribution in [-0.2, 0) is 16.1 Å². The number of nitrogens with one attached hydrogen (secondary N) is 1. The summed E-state index contributed by atoms with van der Waals surface area (Å²) in [6.45, 7) is 6.10. The first-order valence-corrected chi connectivity index (χ1v) is 8.75. The molecule has 1 fully saturated rings. The molecule has 0 saturated carbocycles. The lowest BCUT2D eigenvalue weighted by Gasteiger charge is -2.18. The summed E-state index contributed by atoms with van der Waals surface area (Å²) in [6.07, 6.45) is -0.881. The monoisotopic (exact) mass is 378 g/mol. The summed E-state index contributed by atoms with van der Waals surface area (Å²) >= 11 is 0. The number of rotatable bonds is 5. The second-order valence-corrected chi connectivity index (χ2v) is 6.92. The van der Waals surface area contributed by atoms with Crippen molar-refractivity contribution in [3.63, 3.8) is 0 Å². The van der Waals surface area contributed by atoms with Gasteiger partial charge in [-0.2, -0.15) is 4.39 Å². The van der Waals surface area contributed by atoms with Gasteiger partial charge in [0.1, 0.15) is 12.3 Å². The van der Waals surface area contributed by atoms with E-state index in [4.69, 9.17) is 9.47 Å². The van der Waals surface area contributed by atoms with Crippen molar-refractivity contribution in [2.24, 2.45) is 0 Å². The molecule has 0 amide bonds. The molecule has 0 unspecified atom stereocenters. The van der Waals surface area contributed by atoms with Crippen molar-refractivity contribution < 1.29 is 19.0 Å². The van der Waals surface area contributed by atoms with E-state index in [1.165, 1.54) is 5.56 Å². The van der Waals surface area contributed by atoms with Gasteiger partial charge in [0.05, 0.1) is 25.5 Å². The van der Waals surface area contributed by atoms with E-state index in [-0.39, 0.29) is 13.0 Å². The largest absolute Gasteiger partial charge is 0.394 e. The average molecular weight is 378 g/mol. The van der Waals surface area contributed by atoms with E-state index in [0.29, 0.717) is 6.61 Å². The molecule has 1 aliphatic rings. The summed E-state index contributed by atoms with van der Waals surface area (Å²) in [5.41, 5.74) is 2.61. The standard InChI is InChI=1S/C19H23FN2O5/c1-10-4-11(2)13(12(3)5-10)9-26-15-6-17(27-16(15)8-23)22-7-14(20)18(24)21-19(22)25/h4-5,7,15-17,23H,6,8-9H2,1-3H3,(H,21,24,25)/t15-,16+,17+/m0/s1. The molecule has 7 nitrogen and oxygen atoms in total. The number of aliphatic hydroxyl groups excluding tert-OH is 1. The Kier molecular flexibility index (Phi) is 5.59. The van der Waals surface area contributed by atoms with Crippen LogP contribution >= 0.6 is 0 Å². The molecule has 3 atom stereocenters. The number of aliphatic hydroxyl groups is 1. The fourth-order valence-electron chi connectivity index (χ4n) is 3.51. The molecule has 1 aromatic carbocycles. The molecule has 0 bridgehead atoms. The van der Waals surface area contributed by atoms with E-state index in [2.05, 4.69) is 12.1 Å². The van der Waals surface area contributed by atoms with Crippen LogP contribution in [0.5, 0.6) is 0 Å². The third-order valence-electron chi connectivity index (χ3n) is 4.88. The van der Waals surface area contributed by atoms with E-state index in [0.717, 1.165) is 27.5 Å². The minimum absolute atomic E-state index is 0.251. The summed E-state index contributed by atoms with van der Waals surface area (Å²) in [5.74, 6) is -1.07. The van der Waals surface area contributed by atoms with Gasteiger partial charge in [0, 0.05) is 6.42 Å². The van der Waals surface area contributed by atoms with E-state index >= 15 is 0 Å². The number of halogens is 1. The van der Waals surface area contributed by atoms with Crippen molar-refractivity contribution >= 4 is 0 Å². The number of ether oxygens (including phenoxy) is 2. The topological polar surface area (TPSA) is 93.6 Å². The van der Waals surface area contributed by atoms with Gasteiger partial charge >= 0.3 is 5.69 Å². The minimum Gasteiger partial charge on any atom is -0.394 e. The molecule has 146 valence electrons. The number of hydrogen-bond acceptors (Lipinski definition) is 5. The Hall–Kier alpha value is -2.29. The minimum atomic E-state index is -1.08. The Labute approximate surface area is 155 Å². The normalized spacial score (nSPS) is 22.3. The third kappa shape index (κ3) is 4.02. The van der Waals surface area contributed by atoms with Gasteiger partial charge in [-0.3, -0.25) is 14.3 Å². The highest BCUT2D eigenvalue weighted by Gasteiger charge is 2.37. The summed E-state index contributed by atoms with van der Waals surface area (Å²) in [6, 6.07) is 4.15. The molecule has 8 heteroatoms. The Morgan fingerprint density at radius 1 is 1.30 bits per heavy atom. The van der Waals surface area contributed by atoms with Crippen LogP contribution in [0.15, 0.2) is 27.9 Å². The number of aryl methyl sites for hydroxylation is 3. The summed E-state index contributed by atoms with van der Waals surface area (Å²) < 4.78 is 26.1. The summed E-state index contributed by atoms with van der Waals surface area (Å²) in [7, 11) is 0. The predicted molar refractivity (Wildman–Crippen MR) is 96.1 cm³/mol. The molecule has 2 N–H and O–H groups in total. The van der Waals surface area contributed by atoms with Gasteiger partial charge in [0.15, 0.2) is 0 Å². The Balaban J connectivity index is 1.77. The van der Waals surface area contributed by atoms with Gasteiger partial charge < -0.3 is 14.6 Å². The van der Waals surface area contributed by atoms with Gasteiger partial charge in [-0.15, -0.1) is 0 Å². The maximum absolute atomic E-state index is 13.5. The quantitative estimate of drug-likeness (QED) is 0.822. The zero-order valence-electron chi connectivity index (χ0n) is 15.5. The second-order valence-electron chi connectivity index (χ2n) is 6.92. The van der Waals surface area contributed by atoms with Crippen LogP contribution in [0.25, 0.3) is 0 Å². The van der Waals surface area contributed by atoms with Crippen LogP contribution in [-0.4, -0.2) is 33.5 Å². The number of nitrogens with zero attached hydrogens (tertiary/aromatic N) is 1. The van der Waals surface area contributed by atoms with Crippen molar-refractivity contribution in [2.45, 2.75) is 52.2 Å². The summed E-state index contributed by atoms with van der Waals surface area (Å²) in [4.78, 5) is 25.0. The van der Waals surface area contributed by atoms with Crippen LogP contribution in [0, 0.1) is 26.6 Å². The first-order valence-electron chi connectivity index (χ1n) is 8.75. The maximum atomic E-state index is 13.5. The molecule has 1 aromatic heterocycles. The van der Waals surface area contributed by atoms with Crippen molar-refractivity contribution in [3.05, 3.63) is 67.2 Å². The van der Waals surface area contributed by atoms with Crippen molar-refractivity contribution in [1.29, 1.82) is 0 Å². The number of benzene rings is 1. The molecule has 2 aromatic rings. The Bertz CT molecular complexity index is 929. The third-order valence-corrected chi connectivity index (χ3v) is 4.88. The average Bonchev–Trinajstić information content (AvgIpc) is 3.00. The van der Waals surface area contributed by atoms with E-state index in [1.807, 2.05) is 25.8 Å². The molecular formula is C19H23FN2O5. The van der Waals surface area contributed by atoms with Crippen LogP contribution in [0.1, 0.15) is 34.9 Å². The van der Waals surface area contributed by atoms with Gasteiger partial charge in [-0.05, 0) is 37.5 Å². The molecule has 1 saturated heterocycles. The van der Waals surface area contributed by atoms with E-state index in [1.54, 1.807) is 0 Å². The van der Waals surface area contributed by atoms with E-state index < -0.39 is 35.5 Å². The van der Waals surface area contributed by atoms with Gasteiger partial charge in [0.25, 0.3) is 5.56 Å².